The van der Waals surface area contributed by atoms with E-state index in [9.17, 15) is 9.59 Å². The Kier molecular flexibility index (Phi) is 5.79. The Bertz CT molecular complexity index is 925. The lowest BCUT2D eigenvalue weighted by Gasteiger charge is -2.36. The van der Waals surface area contributed by atoms with Crippen LogP contribution in [0.25, 0.3) is 0 Å². The second kappa shape index (κ2) is 8.65. The molecule has 3 amide bonds. The molecule has 158 valence electrons. The van der Waals surface area contributed by atoms with Gasteiger partial charge < -0.3 is 19.7 Å². The van der Waals surface area contributed by atoms with Crippen molar-refractivity contribution in [1.82, 2.24) is 4.90 Å². The zero-order valence-electron chi connectivity index (χ0n) is 17.4. The molecule has 30 heavy (non-hydrogen) atoms. The molecule has 1 saturated carbocycles. The summed E-state index contributed by atoms with van der Waals surface area (Å²) in [5.74, 6) is 1.51. The number of methoxy groups -OCH3 is 2. The van der Waals surface area contributed by atoms with Gasteiger partial charge in [-0.2, -0.15) is 0 Å². The van der Waals surface area contributed by atoms with Crippen molar-refractivity contribution in [2.24, 2.45) is 5.92 Å². The molecule has 2 fully saturated rings. The van der Waals surface area contributed by atoms with Gasteiger partial charge in [-0.15, -0.1) is 0 Å². The minimum atomic E-state index is -0.0656. The molecule has 2 aliphatic rings. The summed E-state index contributed by atoms with van der Waals surface area (Å²) in [7, 11) is 3.22. The summed E-state index contributed by atoms with van der Waals surface area (Å²) >= 11 is 0. The quantitative estimate of drug-likeness (QED) is 0.753. The monoisotopic (exact) mass is 409 g/mol. The lowest BCUT2D eigenvalue weighted by Crippen LogP contribution is -2.49. The molecule has 1 N–H and O–H groups in total. The Balaban J connectivity index is 1.54. The lowest BCUT2D eigenvalue weighted by molar-refractivity contribution is -0.117. The van der Waals surface area contributed by atoms with Gasteiger partial charge in [0.1, 0.15) is 11.5 Å². The Hall–Kier alpha value is -3.22. The van der Waals surface area contributed by atoms with Crippen molar-refractivity contribution in [1.29, 1.82) is 0 Å². The predicted octanol–water partition coefficient (Wildman–Crippen LogP) is 3.88. The van der Waals surface area contributed by atoms with Gasteiger partial charge >= 0.3 is 6.03 Å². The summed E-state index contributed by atoms with van der Waals surface area (Å²) in [6, 6.07) is 13.1. The number of nitrogens with zero attached hydrogens (tertiary/aromatic N) is 2. The number of rotatable bonds is 7. The van der Waals surface area contributed by atoms with E-state index in [-0.39, 0.29) is 17.9 Å². The first-order valence-electron chi connectivity index (χ1n) is 10.3. The standard InChI is InChI=1S/C23H27N3O4/c1-29-18-8-4-16(5-9-18)15-25-12-3-13-26(23(25)28)21-11-10-19(30-2)14-20(21)24-22(27)17-6-7-17/h4-5,8-11,14,17H,3,6-7,12-13,15H2,1-2H3,(H,24,27). The van der Waals surface area contributed by atoms with E-state index in [0.717, 1.165) is 30.6 Å². The van der Waals surface area contributed by atoms with Crippen LogP contribution in [-0.4, -0.2) is 44.1 Å². The number of anilines is 2. The fraction of sp³-hybridized carbons (Fsp3) is 0.391. The number of ether oxygens (including phenoxy) is 2. The molecule has 0 bridgehead atoms. The highest BCUT2D eigenvalue weighted by atomic mass is 16.5. The van der Waals surface area contributed by atoms with Crippen LogP contribution in [0.5, 0.6) is 11.5 Å². The van der Waals surface area contributed by atoms with Crippen LogP contribution in [0, 0.1) is 5.92 Å². The van der Waals surface area contributed by atoms with Crippen LogP contribution in [0.3, 0.4) is 0 Å². The minimum Gasteiger partial charge on any atom is -0.497 e. The second-order valence-electron chi connectivity index (χ2n) is 7.70. The second-order valence-corrected chi connectivity index (χ2v) is 7.70. The topological polar surface area (TPSA) is 71.1 Å². The molecule has 1 aliphatic heterocycles. The van der Waals surface area contributed by atoms with Gasteiger partial charge in [-0.25, -0.2) is 4.79 Å². The largest absolute Gasteiger partial charge is 0.497 e. The van der Waals surface area contributed by atoms with Crippen LogP contribution < -0.4 is 19.7 Å². The Morgan fingerprint density at radius 3 is 2.40 bits per heavy atom. The molecular weight excluding hydrogens is 382 g/mol. The minimum absolute atomic E-state index is 0.00375. The molecule has 1 aliphatic carbocycles. The molecule has 2 aromatic rings. The number of amides is 3. The highest BCUT2D eigenvalue weighted by Gasteiger charge is 2.32. The van der Waals surface area contributed by atoms with Crippen LogP contribution >= 0.6 is 0 Å². The molecule has 1 heterocycles. The van der Waals surface area contributed by atoms with Gasteiger partial charge in [0.25, 0.3) is 0 Å². The van der Waals surface area contributed by atoms with Gasteiger partial charge in [0, 0.05) is 31.6 Å². The van der Waals surface area contributed by atoms with Gasteiger partial charge in [-0.1, -0.05) is 12.1 Å². The van der Waals surface area contributed by atoms with Crippen LogP contribution in [-0.2, 0) is 11.3 Å². The van der Waals surface area contributed by atoms with Crippen LogP contribution in [0.15, 0.2) is 42.5 Å². The molecule has 0 radical (unpaired) electrons. The molecule has 4 rings (SSSR count). The highest BCUT2D eigenvalue weighted by Crippen LogP contribution is 2.35. The summed E-state index contributed by atoms with van der Waals surface area (Å²) in [4.78, 5) is 29.2. The van der Waals surface area contributed by atoms with E-state index in [2.05, 4.69) is 5.32 Å². The van der Waals surface area contributed by atoms with Crippen molar-refractivity contribution in [3.05, 3.63) is 48.0 Å². The van der Waals surface area contributed by atoms with Crippen molar-refractivity contribution in [2.45, 2.75) is 25.8 Å². The first kappa shape index (κ1) is 20.1. The first-order valence-corrected chi connectivity index (χ1v) is 10.3. The summed E-state index contributed by atoms with van der Waals surface area (Å²) in [5.41, 5.74) is 2.36. The average Bonchev–Trinajstić information content (AvgIpc) is 3.61. The number of hydrogen-bond donors (Lipinski definition) is 1. The molecule has 1 saturated heterocycles. The van der Waals surface area contributed by atoms with Crippen molar-refractivity contribution < 1.29 is 19.1 Å². The maximum Gasteiger partial charge on any atom is 0.324 e. The van der Waals surface area contributed by atoms with Gasteiger partial charge in [0.05, 0.1) is 25.6 Å². The number of hydrogen-bond acceptors (Lipinski definition) is 4. The van der Waals surface area contributed by atoms with E-state index in [0.29, 0.717) is 36.8 Å². The van der Waals surface area contributed by atoms with E-state index in [1.54, 1.807) is 25.2 Å². The molecule has 7 nitrogen and oxygen atoms in total. The summed E-state index contributed by atoms with van der Waals surface area (Å²) in [6.45, 7) is 1.83. The first-order chi connectivity index (χ1) is 14.6. The number of carbonyl (C=O) groups excluding carboxylic acids is 2. The Morgan fingerprint density at radius 1 is 1.03 bits per heavy atom. The third-order valence-corrected chi connectivity index (χ3v) is 5.54. The summed E-state index contributed by atoms with van der Waals surface area (Å²) in [6.07, 6.45) is 2.69. The van der Waals surface area contributed by atoms with Crippen molar-refractivity contribution in [3.63, 3.8) is 0 Å². The van der Waals surface area contributed by atoms with Gasteiger partial charge in [0.15, 0.2) is 0 Å². The average molecular weight is 409 g/mol. The zero-order chi connectivity index (χ0) is 21.1. The molecule has 7 heteroatoms. The number of benzene rings is 2. The SMILES string of the molecule is COc1ccc(CN2CCCN(c3ccc(OC)cc3NC(=O)C3CC3)C2=O)cc1. The summed E-state index contributed by atoms with van der Waals surface area (Å²) in [5, 5.41) is 3.00. The van der Waals surface area contributed by atoms with Crippen LogP contribution in [0.1, 0.15) is 24.8 Å². The molecule has 0 aromatic heterocycles. The van der Waals surface area contributed by atoms with E-state index in [1.807, 2.05) is 41.3 Å². The van der Waals surface area contributed by atoms with Crippen LogP contribution in [0.2, 0.25) is 0 Å². The highest BCUT2D eigenvalue weighted by molar-refractivity contribution is 6.02. The summed E-state index contributed by atoms with van der Waals surface area (Å²) < 4.78 is 10.5. The lowest BCUT2D eigenvalue weighted by atomic mass is 10.1. The van der Waals surface area contributed by atoms with Gasteiger partial charge in [-0.05, 0) is 49.1 Å². The molecular formula is C23H27N3O4. The molecule has 2 aromatic carbocycles. The maximum absolute atomic E-state index is 13.3. The number of urea groups is 1. The molecule has 0 unspecified atom stereocenters. The smallest absolute Gasteiger partial charge is 0.324 e. The third kappa shape index (κ3) is 4.35. The Labute approximate surface area is 176 Å². The normalized spacial score (nSPS) is 16.4. The molecule has 0 atom stereocenters. The fourth-order valence-electron chi connectivity index (χ4n) is 3.66. The van der Waals surface area contributed by atoms with E-state index in [4.69, 9.17) is 9.47 Å². The number of carbonyl (C=O) groups is 2. The predicted molar refractivity (Wildman–Crippen MR) is 115 cm³/mol. The maximum atomic E-state index is 13.3. The van der Waals surface area contributed by atoms with E-state index in [1.165, 1.54) is 0 Å². The van der Waals surface area contributed by atoms with E-state index < -0.39 is 0 Å². The van der Waals surface area contributed by atoms with Crippen molar-refractivity contribution >= 4 is 23.3 Å². The fourth-order valence-corrected chi connectivity index (χ4v) is 3.66. The third-order valence-electron chi connectivity index (χ3n) is 5.54. The van der Waals surface area contributed by atoms with Gasteiger partial charge in [0.2, 0.25) is 5.91 Å². The van der Waals surface area contributed by atoms with Crippen molar-refractivity contribution in [2.75, 3.05) is 37.5 Å². The van der Waals surface area contributed by atoms with Crippen molar-refractivity contribution in [3.8, 4) is 11.5 Å². The molecule has 0 spiro atoms. The Morgan fingerprint density at radius 2 is 1.73 bits per heavy atom. The van der Waals surface area contributed by atoms with E-state index >= 15 is 0 Å². The zero-order valence-corrected chi connectivity index (χ0v) is 17.4. The van der Waals surface area contributed by atoms with Gasteiger partial charge in [-0.3, -0.25) is 9.69 Å². The number of nitrogens with one attached hydrogen (secondary N) is 1. The van der Waals surface area contributed by atoms with Crippen LogP contribution in [0.4, 0.5) is 16.2 Å².